The number of methoxy groups -OCH3 is 1. The van der Waals surface area contributed by atoms with Gasteiger partial charge in [0.05, 0.1) is 18.6 Å². The zero-order chi connectivity index (χ0) is 15.0. The van der Waals surface area contributed by atoms with Gasteiger partial charge in [-0.2, -0.15) is 4.73 Å². The number of aryl methyl sites for hydroxylation is 1. The number of carbonyl (C=O) groups excluding carboxylic acids is 2. The van der Waals surface area contributed by atoms with Crippen LogP contribution in [0.1, 0.15) is 35.2 Å². The van der Waals surface area contributed by atoms with E-state index < -0.39 is 0 Å². The first kappa shape index (κ1) is 13.9. The van der Waals surface area contributed by atoms with Crippen LogP contribution < -0.4 is 4.73 Å². The van der Waals surface area contributed by atoms with Crippen molar-refractivity contribution in [3.05, 3.63) is 34.8 Å². The average molecular weight is 290 g/mol. The van der Waals surface area contributed by atoms with Gasteiger partial charge < -0.3 is 14.8 Å². The molecule has 0 saturated carbocycles. The zero-order valence-corrected chi connectivity index (χ0v) is 11.9. The molecule has 21 heavy (non-hydrogen) atoms. The second-order valence-corrected chi connectivity index (χ2v) is 5.69. The smallest absolute Gasteiger partial charge is 0.310 e. The Balaban J connectivity index is 1.89. The Bertz CT molecular complexity index is 587. The Morgan fingerprint density at radius 3 is 3.00 bits per heavy atom. The van der Waals surface area contributed by atoms with E-state index in [2.05, 4.69) is 0 Å². The van der Waals surface area contributed by atoms with Gasteiger partial charge in [0.25, 0.3) is 5.91 Å². The Hall–Kier alpha value is -2.11. The minimum atomic E-state index is -0.254. The normalized spacial score (nSPS) is 24.8. The predicted molar refractivity (Wildman–Crippen MR) is 73.3 cm³/mol. The third-order valence-corrected chi connectivity index (χ3v) is 4.50. The summed E-state index contributed by atoms with van der Waals surface area (Å²) >= 11 is 0. The van der Waals surface area contributed by atoms with Gasteiger partial charge in [0.1, 0.15) is 0 Å². The van der Waals surface area contributed by atoms with Crippen molar-refractivity contribution in [3.63, 3.8) is 0 Å². The lowest BCUT2D eigenvalue weighted by molar-refractivity contribution is -0.605. The van der Waals surface area contributed by atoms with E-state index in [1.165, 1.54) is 19.5 Å². The van der Waals surface area contributed by atoms with Gasteiger partial charge in [-0.3, -0.25) is 9.59 Å². The Morgan fingerprint density at radius 1 is 1.43 bits per heavy atom. The summed E-state index contributed by atoms with van der Waals surface area (Å²) in [6.07, 6.45) is 5.92. The van der Waals surface area contributed by atoms with Crippen molar-refractivity contribution < 1.29 is 19.1 Å². The molecule has 0 aliphatic carbocycles. The van der Waals surface area contributed by atoms with E-state index in [-0.39, 0.29) is 23.8 Å². The van der Waals surface area contributed by atoms with Gasteiger partial charge >= 0.3 is 5.97 Å². The van der Waals surface area contributed by atoms with Crippen LogP contribution in [0, 0.1) is 11.1 Å². The van der Waals surface area contributed by atoms with Crippen LogP contribution in [-0.2, 0) is 16.0 Å². The number of nitrogens with zero attached hydrogens (tertiary/aromatic N) is 2. The maximum absolute atomic E-state index is 12.7. The molecule has 0 spiro atoms. The maximum Gasteiger partial charge on any atom is 0.310 e. The predicted octanol–water partition coefficient (Wildman–Crippen LogP) is 0.660. The van der Waals surface area contributed by atoms with Crippen molar-refractivity contribution in [2.24, 2.45) is 5.92 Å². The number of aromatic nitrogens is 1. The number of carbonyl (C=O) groups is 2. The lowest BCUT2D eigenvalue weighted by Crippen LogP contribution is -2.48. The van der Waals surface area contributed by atoms with E-state index in [0.717, 1.165) is 29.6 Å². The number of rotatable bonds is 1. The molecule has 0 radical (unpaired) electrons. The lowest BCUT2D eigenvalue weighted by Gasteiger charge is -2.37. The van der Waals surface area contributed by atoms with Crippen LogP contribution in [0.2, 0.25) is 0 Å². The molecule has 1 fully saturated rings. The van der Waals surface area contributed by atoms with Crippen LogP contribution in [0.25, 0.3) is 0 Å². The first-order chi connectivity index (χ1) is 10.1. The molecule has 0 N–H and O–H groups in total. The van der Waals surface area contributed by atoms with Gasteiger partial charge in [-0.25, -0.2) is 0 Å². The van der Waals surface area contributed by atoms with E-state index in [4.69, 9.17) is 4.74 Å². The van der Waals surface area contributed by atoms with Gasteiger partial charge in [-0.1, -0.05) is 0 Å². The Kier molecular flexibility index (Phi) is 3.53. The average Bonchev–Trinajstić information content (AvgIpc) is 2.63. The van der Waals surface area contributed by atoms with Crippen LogP contribution in [0.4, 0.5) is 0 Å². The van der Waals surface area contributed by atoms with Crippen molar-refractivity contribution in [3.8, 4) is 0 Å². The summed E-state index contributed by atoms with van der Waals surface area (Å²) in [5.74, 6) is -0.581. The summed E-state index contributed by atoms with van der Waals surface area (Å²) in [7, 11) is 1.38. The summed E-state index contributed by atoms with van der Waals surface area (Å²) in [5, 5.41) is 11.4. The third-order valence-electron chi connectivity index (χ3n) is 4.50. The quantitative estimate of drug-likeness (QED) is 0.433. The Morgan fingerprint density at radius 2 is 2.24 bits per heavy atom. The van der Waals surface area contributed by atoms with Crippen molar-refractivity contribution in [1.29, 1.82) is 0 Å². The highest BCUT2D eigenvalue weighted by Gasteiger charge is 2.38. The van der Waals surface area contributed by atoms with E-state index in [9.17, 15) is 14.8 Å². The summed E-state index contributed by atoms with van der Waals surface area (Å²) in [6, 6.07) is 1.72. The van der Waals surface area contributed by atoms with Gasteiger partial charge in [0.2, 0.25) is 0 Å². The number of amides is 1. The molecule has 1 aromatic heterocycles. The lowest BCUT2D eigenvalue weighted by atomic mass is 9.91. The maximum atomic E-state index is 12.7. The fourth-order valence-electron chi connectivity index (χ4n) is 3.34. The highest BCUT2D eigenvalue weighted by Crippen LogP contribution is 2.30. The van der Waals surface area contributed by atoms with Crippen LogP contribution in [0.5, 0.6) is 0 Å². The van der Waals surface area contributed by atoms with Crippen LogP contribution in [-0.4, -0.2) is 36.5 Å². The minimum Gasteiger partial charge on any atom is -0.619 e. The number of fused-ring (bicyclic) bond motifs is 2. The van der Waals surface area contributed by atoms with E-state index >= 15 is 0 Å². The fourth-order valence-corrected chi connectivity index (χ4v) is 3.34. The summed E-state index contributed by atoms with van der Waals surface area (Å²) in [4.78, 5) is 26.2. The zero-order valence-electron chi connectivity index (χ0n) is 11.9. The minimum absolute atomic E-state index is 0.0818. The topological polar surface area (TPSA) is 73.5 Å². The molecule has 6 heteroatoms. The number of ether oxygens (including phenoxy) is 1. The van der Waals surface area contributed by atoms with Gasteiger partial charge in [0, 0.05) is 24.2 Å². The SMILES string of the molecule is COC(=O)C1CCC2CCc3c[n+]([O-])ccc3C(=O)N2C1. The second-order valence-electron chi connectivity index (χ2n) is 5.69. The van der Waals surface area contributed by atoms with Crippen LogP contribution in [0.15, 0.2) is 18.5 Å². The molecule has 0 aromatic carbocycles. The van der Waals surface area contributed by atoms with Crippen molar-refractivity contribution in [2.75, 3.05) is 13.7 Å². The molecule has 2 aliphatic heterocycles. The second kappa shape index (κ2) is 5.35. The number of esters is 1. The fraction of sp³-hybridized carbons (Fsp3) is 0.533. The van der Waals surface area contributed by atoms with Gasteiger partial charge in [-0.15, -0.1) is 0 Å². The summed E-state index contributed by atoms with van der Waals surface area (Å²) < 4.78 is 5.53. The first-order valence-electron chi connectivity index (χ1n) is 7.20. The van der Waals surface area contributed by atoms with Crippen molar-refractivity contribution in [2.45, 2.75) is 31.7 Å². The number of piperidine rings is 1. The standard InChI is InChI=1S/C15H18N2O4/c1-21-15(19)11-3-5-12-4-2-10-8-16(20)7-6-13(10)14(18)17(12)9-11/h6-8,11-12H,2-5,9H2,1H3. The molecule has 3 heterocycles. The highest BCUT2D eigenvalue weighted by atomic mass is 16.5. The molecule has 6 nitrogen and oxygen atoms in total. The number of hydrogen-bond acceptors (Lipinski definition) is 4. The molecule has 2 atom stereocenters. The summed E-state index contributed by atoms with van der Waals surface area (Å²) in [5.41, 5.74) is 1.37. The monoisotopic (exact) mass is 290 g/mol. The molecule has 2 aliphatic rings. The van der Waals surface area contributed by atoms with E-state index in [1.54, 1.807) is 11.0 Å². The van der Waals surface area contributed by atoms with Crippen molar-refractivity contribution >= 4 is 11.9 Å². The molecule has 2 unspecified atom stereocenters. The number of hydrogen-bond donors (Lipinski definition) is 0. The molecule has 3 rings (SSSR count). The van der Waals surface area contributed by atoms with E-state index in [0.29, 0.717) is 18.5 Å². The van der Waals surface area contributed by atoms with Crippen LogP contribution >= 0.6 is 0 Å². The van der Waals surface area contributed by atoms with Gasteiger partial charge in [0.15, 0.2) is 12.4 Å². The van der Waals surface area contributed by atoms with Crippen molar-refractivity contribution in [1.82, 2.24) is 4.90 Å². The molecular weight excluding hydrogens is 272 g/mol. The number of pyridine rings is 1. The summed E-state index contributed by atoms with van der Waals surface area (Å²) in [6.45, 7) is 0.405. The molecule has 0 bridgehead atoms. The Labute approximate surface area is 122 Å². The van der Waals surface area contributed by atoms with Crippen LogP contribution in [0.3, 0.4) is 0 Å². The molecule has 1 aromatic rings. The van der Waals surface area contributed by atoms with E-state index in [1.807, 2.05) is 0 Å². The molecule has 112 valence electrons. The first-order valence-corrected chi connectivity index (χ1v) is 7.20. The highest BCUT2D eigenvalue weighted by molar-refractivity contribution is 5.96. The molecular formula is C15H18N2O4. The largest absolute Gasteiger partial charge is 0.619 e. The molecule has 1 saturated heterocycles. The van der Waals surface area contributed by atoms with Gasteiger partial charge in [-0.05, 0) is 25.7 Å². The molecule has 1 amide bonds. The third kappa shape index (κ3) is 2.46.